The molecule has 0 saturated heterocycles. The third kappa shape index (κ3) is 3.82. The molecule has 1 amide bonds. The summed E-state index contributed by atoms with van der Waals surface area (Å²) in [5.74, 6) is 1.22. The van der Waals surface area contributed by atoms with E-state index in [9.17, 15) is 9.59 Å². The second-order valence-corrected chi connectivity index (χ2v) is 9.37. The number of aryl methyl sites for hydroxylation is 1. The van der Waals surface area contributed by atoms with Crippen molar-refractivity contribution in [3.8, 4) is 0 Å². The van der Waals surface area contributed by atoms with Gasteiger partial charge in [-0.15, -0.1) is 11.3 Å². The first-order chi connectivity index (χ1) is 13.0. The molecule has 0 saturated carbocycles. The molecule has 6 nitrogen and oxygen atoms in total. The molecule has 2 atom stereocenters. The Labute approximate surface area is 164 Å². The van der Waals surface area contributed by atoms with Crippen molar-refractivity contribution in [2.24, 2.45) is 5.92 Å². The number of aromatic amines is 1. The minimum Gasteiger partial charge on any atom is -0.467 e. The zero-order valence-electron chi connectivity index (χ0n) is 15.2. The number of rotatable bonds is 5. The molecule has 1 aliphatic rings. The van der Waals surface area contributed by atoms with E-state index in [4.69, 9.17) is 4.42 Å². The van der Waals surface area contributed by atoms with Crippen molar-refractivity contribution >= 4 is 39.2 Å². The van der Waals surface area contributed by atoms with E-state index in [1.807, 2.05) is 6.07 Å². The average Bonchev–Trinajstić information content (AvgIpc) is 3.26. The fraction of sp³-hybridized carbons (Fsp3) is 0.421. The third-order valence-electron chi connectivity index (χ3n) is 4.82. The van der Waals surface area contributed by atoms with Crippen LogP contribution in [0.4, 0.5) is 0 Å². The highest BCUT2D eigenvalue weighted by Crippen LogP contribution is 2.36. The molecule has 0 spiro atoms. The lowest BCUT2D eigenvalue weighted by Crippen LogP contribution is -2.30. The van der Waals surface area contributed by atoms with E-state index < -0.39 is 0 Å². The highest BCUT2D eigenvalue weighted by atomic mass is 32.2. The maximum atomic E-state index is 12.6. The Hall–Kier alpha value is -2.06. The maximum absolute atomic E-state index is 12.6. The smallest absolute Gasteiger partial charge is 0.260 e. The van der Waals surface area contributed by atoms with Crippen LogP contribution in [0.2, 0.25) is 0 Å². The number of carbonyl (C=O) groups is 1. The first-order valence-electron chi connectivity index (χ1n) is 9.02. The van der Waals surface area contributed by atoms with Crippen LogP contribution in [0.1, 0.15) is 36.5 Å². The van der Waals surface area contributed by atoms with Gasteiger partial charge in [0.25, 0.3) is 5.56 Å². The van der Waals surface area contributed by atoms with Crippen LogP contribution in [0, 0.1) is 5.92 Å². The van der Waals surface area contributed by atoms with E-state index in [0.29, 0.717) is 23.4 Å². The summed E-state index contributed by atoms with van der Waals surface area (Å²) in [7, 11) is 0. The van der Waals surface area contributed by atoms with E-state index in [1.54, 1.807) is 30.6 Å². The molecular formula is C19H21N3O3S2. The summed E-state index contributed by atoms with van der Waals surface area (Å²) in [6.45, 7) is 4.39. The molecule has 0 bridgehead atoms. The van der Waals surface area contributed by atoms with Crippen LogP contribution in [0.5, 0.6) is 0 Å². The van der Waals surface area contributed by atoms with Gasteiger partial charge in [0, 0.05) is 4.88 Å². The molecule has 3 aromatic rings. The van der Waals surface area contributed by atoms with Crippen LogP contribution < -0.4 is 10.9 Å². The summed E-state index contributed by atoms with van der Waals surface area (Å²) in [6.07, 6.45) is 4.65. The van der Waals surface area contributed by atoms with E-state index in [0.717, 1.165) is 29.5 Å². The predicted octanol–water partition coefficient (Wildman–Crippen LogP) is 3.50. The van der Waals surface area contributed by atoms with Crippen LogP contribution >= 0.6 is 23.1 Å². The van der Waals surface area contributed by atoms with E-state index in [-0.39, 0.29) is 16.7 Å². The van der Waals surface area contributed by atoms with Crippen molar-refractivity contribution in [1.29, 1.82) is 0 Å². The largest absolute Gasteiger partial charge is 0.467 e. The predicted molar refractivity (Wildman–Crippen MR) is 107 cm³/mol. The van der Waals surface area contributed by atoms with Crippen LogP contribution in [-0.4, -0.2) is 21.1 Å². The van der Waals surface area contributed by atoms with Gasteiger partial charge in [-0.05, 0) is 49.8 Å². The Morgan fingerprint density at radius 3 is 3.19 bits per heavy atom. The Bertz CT molecular complexity index is 1020. The number of amides is 1. The number of thiophene rings is 1. The summed E-state index contributed by atoms with van der Waals surface area (Å²) in [5.41, 5.74) is 1.07. The van der Waals surface area contributed by atoms with Crippen LogP contribution in [0.15, 0.2) is 32.8 Å². The summed E-state index contributed by atoms with van der Waals surface area (Å²) >= 11 is 2.88. The Balaban J connectivity index is 1.50. The molecule has 142 valence electrons. The zero-order chi connectivity index (χ0) is 19.0. The second-order valence-electron chi connectivity index (χ2n) is 6.96. The normalized spacial score (nSPS) is 17.6. The molecule has 0 unspecified atom stereocenters. The molecule has 2 N–H and O–H groups in total. The van der Waals surface area contributed by atoms with Crippen molar-refractivity contribution in [3.63, 3.8) is 0 Å². The SMILES string of the molecule is C[C@@H]1CCc2c(sc3nc(S[C@H](C)C(=O)NCc4ccco4)[nH]c(=O)c23)C1. The average molecular weight is 404 g/mol. The Kier molecular flexibility index (Phi) is 5.10. The number of hydrogen-bond donors (Lipinski definition) is 2. The molecule has 0 aromatic carbocycles. The van der Waals surface area contributed by atoms with Gasteiger partial charge in [0.15, 0.2) is 5.16 Å². The minimum atomic E-state index is -0.379. The van der Waals surface area contributed by atoms with Gasteiger partial charge in [-0.2, -0.15) is 0 Å². The van der Waals surface area contributed by atoms with Gasteiger partial charge in [-0.3, -0.25) is 9.59 Å². The molecule has 0 aliphatic heterocycles. The number of hydrogen-bond acceptors (Lipinski definition) is 6. The van der Waals surface area contributed by atoms with Gasteiger partial charge in [-0.25, -0.2) is 4.98 Å². The van der Waals surface area contributed by atoms with Gasteiger partial charge in [0.2, 0.25) is 5.91 Å². The number of nitrogens with zero attached hydrogens (tertiary/aromatic N) is 1. The minimum absolute atomic E-state index is 0.0993. The molecule has 8 heteroatoms. The summed E-state index contributed by atoms with van der Waals surface area (Å²) in [6, 6.07) is 3.59. The molecular weight excluding hydrogens is 382 g/mol. The molecule has 4 rings (SSSR count). The molecule has 0 radical (unpaired) electrons. The van der Waals surface area contributed by atoms with Gasteiger partial charge in [-0.1, -0.05) is 18.7 Å². The number of furan rings is 1. The number of fused-ring (bicyclic) bond motifs is 3. The van der Waals surface area contributed by atoms with Crippen molar-refractivity contribution in [1.82, 2.24) is 15.3 Å². The highest BCUT2D eigenvalue weighted by molar-refractivity contribution is 8.00. The quantitative estimate of drug-likeness (QED) is 0.503. The Morgan fingerprint density at radius 2 is 2.41 bits per heavy atom. The fourth-order valence-electron chi connectivity index (χ4n) is 3.34. The second kappa shape index (κ2) is 7.52. The zero-order valence-corrected chi connectivity index (χ0v) is 16.8. The van der Waals surface area contributed by atoms with Gasteiger partial charge in [0.05, 0.1) is 23.4 Å². The highest BCUT2D eigenvalue weighted by Gasteiger charge is 2.24. The van der Waals surface area contributed by atoms with E-state index in [1.165, 1.54) is 22.2 Å². The van der Waals surface area contributed by atoms with Crippen LogP contribution in [0.3, 0.4) is 0 Å². The summed E-state index contributed by atoms with van der Waals surface area (Å²) in [5, 5.41) is 3.67. The molecule has 27 heavy (non-hydrogen) atoms. The number of H-pyrrole nitrogens is 1. The lowest BCUT2D eigenvalue weighted by Gasteiger charge is -2.17. The van der Waals surface area contributed by atoms with Crippen LogP contribution in [0.25, 0.3) is 10.2 Å². The summed E-state index contributed by atoms with van der Waals surface area (Å²) < 4.78 is 5.21. The fourth-order valence-corrected chi connectivity index (χ4v) is 5.60. The molecule has 0 fully saturated rings. The van der Waals surface area contributed by atoms with Crippen molar-refractivity contribution in [2.45, 2.75) is 50.1 Å². The van der Waals surface area contributed by atoms with Crippen molar-refractivity contribution in [2.75, 3.05) is 0 Å². The van der Waals surface area contributed by atoms with Crippen molar-refractivity contribution in [3.05, 3.63) is 45.0 Å². The molecule has 1 aliphatic carbocycles. The monoisotopic (exact) mass is 403 g/mol. The standard InChI is InChI=1S/C19H21N3O3S2/c1-10-5-6-13-14(8-10)27-18-15(13)17(24)21-19(22-18)26-11(2)16(23)20-9-12-4-3-7-25-12/h3-4,7,10-11H,5-6,8-9H2,1-2H3,(H,20,23)(H,21,22,24)/t10-,11-/m1/s1. The first-order valence-corrected chi connectivity index (χ1v) is 10.7. The summed E-state index contributed by atoms with van der Waals surface area (Å²) in [4.78, 5) is 34.5. The molecule has 3 heterocycles. The van der Waals surface area contributed by atoms with Gasteiger partial charge in [0.1, 0.15) is 10.6 Å². The van der Waals surface area contributed by atoms with Gasteiger partial charge < -0.3 is 14.7 Å². The van der Waals surface area contributed by atoms with Crippen LogP contribution in [-0.2, 0) is 24.2 Å². The first kappa shape index (κ1) is 18.3. The maximum Gasteiger partial charge on any atom is 0.260 e. The van der Waals surface area contributed by atoms with E-state index >= 15 is 0 Å². The van der Waals surface area contributed by atoms with Crippen molar-refractivity contribution < 1.29 is 9.21 Å². The topological polar surface area (TPSA) is 88.0 Å². The number of carbonyl (C=O) groups excluding carboxylic acids is 1. The number of thioether (sulfide) groups is 1. The Morgan fingerprint density at radius 1 is 1.56 bits per heavy atom. The van der Waals surface area contributed by atoms with E-state index in [2.05, 4.69) is 22.2 Å². The lowest BCUT2D eigenvalue weighted by atomic mass is 9.89. The van der Waals surface area contributed by atoms with Gasteiger partial charge >= 0.3 is 0 Å². The molecule has 3 aromatic heterocycles. The number of aromatic nitrogens is 2. The lowest BCUT2D eigenvalue weighted by molar-refractivity contribution is -0.120. The third-order valence-corrected chi connectivity index (χ3v) is 6.95. The number of nitrogens with one attached hydrogen (secondary N) is 2.